The Morgan fingerprint density at radius 3 is 2.76 bits per heavy atom. The van der Waals surface area contributed by atoms with Crippen molar-refractivity contribution in [3.63, 3.8) is 0 Å². The molecule has 1 aromatic heterocycles. The Morgan fingerprint density at radius 1 is 1.24 bits per heavy atom. The number of hydrogen-bond acceptors (Lipinski definition) is 4. The van der Waals surface area contributed by atoms with Crippen LogP contribution in [0.3, 0.4) is 0 Å². The average molecular weight is 245 g/mol. The van der Waals surface area contributed by atoms with Crippen molar-refractivity contribution in [2.75, 3.05) is 0 Å². The van der Waals surface area contributed by atoms with E-state index in [1.54, 1.807) is 36.5 Å². The van der Waals surface area contributed by atoms with Gasteiger partial charge in [-0.1, -0.05) is 12.1 Å². The summed E-state index contributed by atoms with van der Waals surface area (Å²) < 4.78 is 0. The monoisotopic (exact) mass is 245 g/mol. The summed E-state index contributed by atoms with van der Waals surface area (Å²) in [4.78, 5) is 12.5. The summed E-state index contributed by atoms with van der Waals surface area (Å²) in [6.45, 7) is 0.356. The molecule has 0 radical (unpaired) electrons. The second-order valence-corrected chi connectivity index (χ2v) is 3.90. The van der Waals surface area contributed by atoms with Gasteiger partial charge in [0.05, 0.1) is 17.8 Å². The topological polar surface area (TPSA) is 54.9 Å². The number of carbonyl (C=O) groups is 1. The largest absolute Gasteiger partial charge is 0.346 e. The number of thiol groups is 1. The fraction of sp³-hybridized carbons (Fsp3) is 0.0833. The maximum absolute atomic E-state index is 11.8. The van der Waals surface area contributed by atoms with Gasteiger partial charge < -0.3 is 5.32 Å². The summed E-state index contributed by atoms with van der Waals surface area (Å²) in [6.07, 6.45) is 1.59. The predicted molar refractivity (Wildman–Crippen MR) is 66.9 cm³/mol. The molecular weight excluding hydrogens is 234 g/mol. The number of amides is 1. The fourth-order valence-corrected chi connectivity index (χ4v) is 1.62. The summed E-state index contributed by atoms with van der Waals surface area (Å²) >= 11 is 4.23. The van der Waals surface area contributed by atoms with Crippen LogP contribution in [0.15, 0.2) is 47.5 Å². The molecule has 0 fully saturated rings. The van der Waals surface area contributed by atoms with E-state index in [9.17, 15) is 4.79 Å². The predicted octanol–water partition coefficient (Wildman–Crippen LogP) is 1.70. The molecule has 17 heavy (non-hydrogen) atoms. The molecule has 0 aliphatic heterocycles. The zero-order valence-corrected chi connectivity index (χ0v) is 9.89. The van der Waals surface area contributed by atoms with Crippen LogP contribution in [-0.4, -0.2) is 16.1 Å². The highest BCUT2D eigenvalue weighted by atomic mass is 32.1. The van der Waals surface area contributed by atoms with Crippen LogP contribution in [0.25, 0.3) is 0 Å². The average Bonchev–Trinajstić information content (AvgIpc) is 2.38. The van der Waals surface area contributed by atoms with Crippen LogP contribution < -0.4 is 5.32 Å². The van der Waals surface area contributed by atoms with Gasteiger partial charge in [0.1, 0.15) is 0 Å². The molecule has 0 unspecified atom stereocenters. The first kappa shape index (κ1) is 11.6. The van der Waals surface area contributed by atoms with Crippen LogP contribution in [0.1, 0.15) is 16.1 Å². The number of aromatic nitrogens is 2. The Balaban J connectivity index is 2.01. The lowest BCUT2D eigenvalue weighted by atomic mass is 10.2. The molecule has 86 valence electrons. The van der Waals surface area contributed by atoms with Gasteiger partial charge in [0, 0.05) is 11.1 Å². The van der Waals surface area contributed by atoms with Crippen molar-refractivity contribution in [2.45, 2.75) is 11.4 Å². The van der Waals surface area contributed by atoms with E-state index < -0.39 is 0 Å². The Bertz CT molecular complexity index is 516. The maximum atomic E-state index is 11.8. The maximum Gasteiger partial charge on any atom is 0.252 e. The molecule has 2 aromatic rings. The van der Waals surface area contributed by atoms with Crippen molar-refractivity contribution >= 4 is 18.5 Å². The molecule has 1 N–H and O–H groups in total. The first-order chi connectivity index (χ1) is 8.27. The standard InChI is InChI=1S/C12H11N3OS/c16-12(10-5-1-2-6-11(10)17)13-8-9-4-3-7-14-15-9/h1-7,17H,8H2,(H,13,16). The minimum absolute atomic E-state index is 0.166. The van der Waals surface area contributed by atoms with Crippen LogP contribution in [0, 0.1) is 0 Å². The Labute approximate surface area is 104 Å². The molecule has 0 bridgehead atoms. The van der Waals surface area contributed by atoms with Crippen molar-refractivity contribution in [3.05, 3.63) is 53.9 Å². The van der Waals surface area contributed by atoms with Gasteiger partial charge in [-0.2, -0.15) is 10.2 Å². The van der Waals surface area contributed by atoms with Crippen LogP contribution in [-0.2, 0) is 6.54 Å². The molecule has 0 spiro atoms. The molecule has 0 saturated carbocycles. The highest BCUT2D eigenvalue weighted by molar-refractivity contribution is 7.80. The molecule has 5 heteroatoms. The van der Waals surface area contributed by atoms with Crippen molar-refractivity contribution in [2.24, 2.45) is 0 Å². The summed E-state index contributed by atoms with van der Waals surface area (Å²) in [6, 6.07) is 10.7. The minimum atomic E-state index is -0.166. The lowest BCUT2D eigenvalue weighted by Gasteiger charge is -2.05. The van der Waals surface area contributed by atoms with Gasteiger partial charge in [-0.25, -0.2) is 0 Å². The third-order valence-corrected chi connectivity index (χ3v) is 2.60. The van der Waals surface area contributed by atoms with Gasteiger partial charge >= 0.3 is 0 Å². The smallest absolute Gasteiger partial charge is 0.252 e. The molecule has 2 rings (SSSR count). The number of benzene rings is 1. The van der Waals surface area contributed by atoms with E-state index >= 15 is 0 Å². The molecular formula is C12H11N3OS. The van der Waals surface area contributed by atoms with Gasteiger partial charge in [-0.15, -0.1) is 12.6 Å². The van der Waals surface area contributed by atoms with E-state index in [1.165, 1.54) is 0 Å². The van der Waals surface area contributed by atoms with Crippen LogP contribution >= 0.6 is 12.6 Å². The Kier molecular flexibility index (Phi) is 3.72. The van der Waals surface area contributed by atoms with Gasteiger partial charge in [0.25, 0.3) is 5.91 Å². The number of nitrogens with one attached hydrogen (secondary N) is 1. The zero-order chi connectivity index (χ0) is 12.1. The Hall–Kier alpha value is -1.88. The molecule has 4 nitrogen and oxygen atoms in total. The SMILES string of the molecule is O=C(NCc1cccnn1)c1ccccc1S. The summed E-state index contributed by atoms with van der Waals surface area (Å²) in [7, 11) is 0. The number of hydrogen-bond donors (Lipinski definition) is 2. The first-order valence-electron chi connectivity index (χ1n) is 5.10. The van der Waals surface area contributed by atoms with Crippen LogP contribution in [0.2, 0.25) is 0 Å². The molecule has 1 aromatic carbocycles. The molecule has 1 heterocycles. The number of nitrogens with zero attached hydrogens (tertiary/aromatic N) is 2. The van der Waals surface area contributed by atoms with E-state index in [2.05, 4.69) is 28.1 Å². The molecule has 1 amide bonds. The van der Waals surface area contributed by atoms with E-state index in [0.717, 1.165) is 5.69 Å². The third-order valence-electron chi connectivity index (χ3n) is 2.21. The molecule has 0 saturated heterocycles. The van der Waals surface area contributed by atoms with E-state index in [0.29, 0.717) is 17.0 Å². The van der Waals surface area contributed by atoms with Gasteiger partial charge in [0.2, 0.25) is 0 Å². The number of carbonyl (C=O) groups excluding carboxylic acids is 1. The normalized spacial score (nSPS) is 9.94. The quantitative estimate of drug-likeness (QED) is 0.809. The molecule has 0 aliphatic rings. The summed E-state index contributed by atoms with van der Waals surface area (Å²) in [5, 5.41) is 10.4. The highest BCUT2D eigenvalue weighted by Gasteiger charge is 2.08. The summed E-state index contributed by atoms with van der Waals surface area (Å²) in [5.41, 5.74) is 1.28. The van der Waals surface area contributed by atoms with E-state index in [1.807, 2.05) is 6.07 Å². The van der Waals surface area contributed by atoms with E-state index in [-0.39, 0.29) is 5.91 Å². The van der Waals surface area contributed by atoms with Crippen molar-refractivity contribution in [1.29, 1.82) is 0 Å². The van der Waals surface area contributed by atoms with Crippen molar-refractivity contribution in [1.82, 2.24) is 15.5 Å². The van der Waals surface area contributed by atoms with Crippen LogP contribution in [0.5, 0.6) is 0 Å². The Morgan fingerprint density at radius 2 is 2.06 bits per heavy atom. The fourth-order valence-electron chi connectivity index (χ4n) is 1.36. The minimum Gasteiger partial charge on any atom is -0.346 e. The lowest BCUT2D eigenvalue weighted by molar-refractivity contribution is 0.0947. The zero-order valence-electron chi connectivity index (χ0n) is 9.00. The van der Waals surface area contributed by atoms with Gasteiger partial charge in [-0.3, -0.25) is 4.79 Å². The summed E-state index contributed by atoms with van der Waals surface area (Å²) in [5.74, 6) is -0.166. The van der Waals surface area contributed by atoms with Gasteiger partial charge in [0.15, 0.2) is 0 Å². The van der Waals surface area contributed by atoms with Crippen molar-refractivity contribution < 1.29 is 4.79 Å². The first-order valence-corrected chi connectivity index (χ1v) is 5.55. The van der Waals surface area contributed by atoms with Gasteiger partial charge in [-0.05, 0) is 24.3 Å². The van der Waals surface area contributed by atoms with E-state index in [4.69, 9.17) is 0 Å². The number of rotatable bonds is 3. The second kappa shape index (κ2) is 5.45. The lowest BCUT2D eigenvalue weighted by Crippen LogP contribution is -2.23. The third kappa shape index (κ3) is 3.04. The second-order valence-electron chi connectivity index (χ2n) is 3.41. The molecule has 0 atom stereocenters. The van der Waals surface area contributed by atoms with Crippen molar-refractivity contribution in [3.8, 4) is 0 Å². The molecule has 0 aliphatic carbocycles. The van der Waals surface area contributed by atoms with Crippen LogP contribution in [0.4, 0.5) is 0 Å². The highest BCUT2D eigenvalue weighted by Crippen LogP contribution is 2.12.